The largest absolute Gasteiger partial charge is 0.374 e. The maximum atomic E-state index is 5.96. The van der Waals surface area contributed by atoms with Crippen LogP contribution in [0.3, 0.4) is 0 Å². The van der Waals surface area contributed by atoms with Gasteiger partial charge in [-0.25, -0.2) is 10.4 Å². The Labute approximate surface area is 111 Å². The second-order valence-corrected chi connectivity index (χ2v) is 6.07. The molecule has 2 aliphatic rings. The predicted molar refractivity (Wildman–Crippen MR) is 74.2 cm³/mol. The molecular weight excluding hydrogens is 226 g/mol. The lowest BCUT2D eigenvalue weighted by molar-refractivity contribution is -0.0233. The maximum absolute atomic E-state index is 5.96. The standard InChI is InChI=1S/C14H29N3O/c1-10-5-4-6-11(2)17(10)16-13(9-15)14-8-7-12(3)18-14/h10-14,16H,4-9,15H2,1-3H3. The van der Waals surface area contributed by atoms with Crippen molar-refractivity contribution in [1.82, 2.24) is 10.4 Å². The molecule has 4 nitrogen and oxygen atoms in total. The number of piperidine rings is 1. The Bertz CT molecular complexity index is 251. The van der Waals surface area contributed by atoms with Crippen molar-refractivity contribution < 1.29 is 4.74 Å². The molecule has 0 spiro atoms. The summed E-state index contributed by atoms with van der Waals surface area (Å²) in [7, 11) is 0. The van der Waals surface area contributed by atoms with Crippen molar-refractivity contribution in [2.24, 2.45) is 5.73 Å². The fraction of sp³-hybridized carbons (Fsp3) is 1.00. The van der Waals surface area contributed by atoms with E-state index in [9.17, 15) is 0 Å². The first-order valence-corrected chi connectivity index (χ1v) is 7.51. The number of nitrogens with two attached hydrogens (primary N) is 1. The van der Waals surface area contributed by atoms with Crippen LogP contribution in [0, 0.1) is 0 Å². The minimum absolute atomic E-state index is 0.262. The molecule has 5 unspecified atom stereocenters. The van der Waals surface area contributed by atoms with Gasteiger partial charge in [0.1, 0.15) is 0 Å². The molecule has 5 atom stereocenters. The Morgan fingerprint density at radius 3 is 2.33 bits per heavy atom. The molecule has 2 saturated heterocycles. The number of rotatable bonds is 4. The van der Waals surface area contributed by atoms with E-state index in [0.717, 1.165) is 12.8 Å². The van der Waals surface area contributed by atoms with Crippen molar-refractivity contribution >= 4 is 0 Å². The highest BCUT2D eigenvalue weighted by atomic mass is 16.5. The van der Waals surface area contributed by atoms with Gasteiger partial charge in [0.15, 0.2) is 0 Å². The molecule has 2 rings (SSSR count). The van der Waals surface area contributed by atoms with Gasteiger partial charge in [-0.15, -0.1) is 0 Å². The Kier molecular flexibility index (Phi) is 5.01. The number of hydrogen-bond acceptors (Lipinski definition) is 4. The SMILES string of the molecule is CC1CCC(C(CN)NN2C(C)CCCC2C)O1. The number of nitrogens with zero attached hydrogens (tertiary/aromatic N) is 1. The van der Waals surface area contributed by atoms with E-state index in [2.05, 4.69) is 31.2 Å². The van der Waals surface area contributed by atoms with Gasteiger partial charge in [-0.3, -0.25) is 0 Å². The lowest BCUT2D eigenvalue weighted by Gasteiger charge is -2.42. The third-order valence-electron chi connectivity index (χ3n) is 4.48. The molecule has 0 aromatic heterocycles. The van der Waals surface area contributed by atoms with Crippen molar-refractivity contribution in [1.29, 1.82) is 0 Å². The van der Waals surface area contributed by atoms with Crippen LogP contribution in [0.15, 0.2) is 0 Å². The molecule has 0 amide bonds. The van der Waals surface area contributed by atoms with Gasteiger partial charge in [0.25, 0.3) is 0 Å². The van der Waals surface area contributed by atoms with E-state index in [1.165, 1.54) is 19.3 Å². The van der Waals surface area contributed by atoms with Crippen LogP contribution < -0.4 is 11.2 Å². The Morgan fingerprint density at radius 1 is 1.17 bits per heavy atom. The van der Waals surface area contributed by atoms with E-state index < -0.39 is 0 Å². The summed E-state index contributed by atoms with van der Waals surface area (Å²) in [4.78, 5) is 0. The second-order valence-electron chi connectivity index (χ2n) is 6.07. The minimum atomic E-state index is 0.262. The van der Waals surface area contributed by atoms with Crippen LogP contribution in [0.1, 0.15) is 52.9 Å². The lowest BCUT2D eigenvalue weighted by atomic mass is 9.99. The normalized spacial score (nSPS) is 40.0. The van der Waals surface area contributed by atoms with E-state index >= 15 is 0 Å². The number of hydrogen-bond donors (Lipinski definition) is 2. The van der Waals surface area contributed by atoms with Gasteiger partial charge in [-0.05, 0) is 46.5 Å². The van der Waals surface area contributed by atoms with Crippen LogP contribution in [0.5, 0.6) is 0 Å². The third kappa shape index (κ3) is 3.23. The molecule has 0 radical (unpaired) electrons. The van der Waals surface area contributed by atoms with Gasteiger partial charge in [0, 0.05) is 18.6 Å². The van der Waals surface area contributed by atoms with E-state index in [4.69, 9.17) is 10.5 Å². The molecule has 4 heteroatoms. The average Bonchev–Trinajstić information content (AvgIpc) is 2.76. The highest BCUT2D eigenvalue weighted by Gasteiger charge is 2.33. The van der Waals surface area contributed by atoms with Crippen LogP contribution in [0.25, 0.3) is 0 Å². The zero-order valence-electron chi connectivity index (χ0n) is 12.1. The van der Waals surface area contributed by atoms with E-state index in [1.54, 1.807) is 0 Å². The smallest absolute Gasteiger partial charge is 0.0758 e. The number of hydrazine groups is 1. The summed E-state index contributed by atoms with van der Waals surface area (Å²) >= 11 is 0. The predicted octanol–water partition coefficient (Wildman–Crippen LogP) is 1.65. The van der Waals surface area contributed by atoms with Crippen LogP contribution in [-0.4, -0.2) is 41.9 Å². The van der Waals surface area contributed by atoms with Crippen LogP contribution in [0.4, 0.5) is 0 Å². The van der Waals surface area contributed by atoms with Gasteiger partial charge >= 0.3 is 0 Å². The molecular formula is C14H29N3O. The highest BCUT2D eigenvalue weighted by Crippen LogP contribution is 2.24. The van der Waals surface area contributed by atoms with Gasteiger partial charge in [0.2, 0.25) is 0 Å². The Morgan fingerprint density at radius 2 is 1.83 bits per heavy atom. The quantitative estimate of drug-likeness (QED) is 0.802. The summed E-state index contributed by atoms with van der Waals surface area (Å²) in [5, 5.41) is 2.41. The second kappa shape index (κ2) is 6.33. The van der Waals surface area contributed by atoms with Crippen molar-refractivity contribution in [2.75, 3.05) is 6.54 Å². The van der Waals surface area contributed by atoms with Crippen LogP contribution >= 0.6 is 0 Å². The van der Waals surface area contributed by atoms with Crippen molar-refractivity contribution in [3.63, 3.8) is 0 Å². The van der Waals surface area contributed by atoms with Gasteiger partial charge in [-0.2, -0.15) is 0 Å². The summed E-state index contributed by atoms with van der Waals surface area (Å²) < 4.78 is 5.96. The van der Waals surface area contributed by atoms with Crippen LogP contribution in [-0.2, 0) is 4.74 Å². The van der Waals surface area contributed by atoms with E-state index in [-0.39, 0.29) is 12.1 Å². The molecule has 0 saturated carbocycles. The molecule has 0 aromatic carbocycles. The van der Waals surface area contributed by atoms with Crippen molar-refractivity contribution in [3.05, 3.63) is 0 Å². The summed E-state index contributed by atoms with van der Waals surface area (Å²) in [6.07, 6.45) is 6.85. The van der Waals surface area contributed by atoms with Crippen molar-refractivity contribution in [2.45, 2.75) is 83.2 Å². The summed E-state index contributed by atoms with van der Waals surface area (Å²) in [6, 6.07) is 1.46. The summed E-state index contributed by atoms with van der Waals surface area (Å²) in [6.45, 7) is 7.40. The monoisotopic (exact) mass is 255 g/mol. The molecule has 0 aromatic rings. The maximum Gasteiger partial charge on any atom is 0.0758 e. The van der Waals surface area contributed by atoms with Gasteiger partial charge in [0.05, 0.1) is 18.2 Å². The third-order valence-corrected chi connectivity index (χ3v) is 4.48. The van der Waals surface area contributed by atoms with Gasteiger partial charge in [-0.1, -0.05) is 6.42 Å². The highest BCUT2D eigenvalue weighted by molar-refractivity contribution is 4.86. The molecule has 0 aliphatic carbocycles. The lowest BCUT2D eigenvalue weighted by Crippen LogP contribution is -2.60. The fourth-order valence-corrected chi connectivity index (χ4v) is 3.28. The van der Waals surface area contributed by atoms with Gasteiger partial charge < -0.3 is 10.5 Å². The summed E-state index contributed by atoms with van der Waals surface area (Å²) in [5.41, 5.74) is 9.59. The Hall–Kier alpha value is -0.160. The summed E-state index contributed by atoms with van der Waals surface area (Å²) in [5.74, 6) is 0. The van der Waals surface area contributed by atoms with E-state index in [0.29, 0.717) is 24.7 Å². The molecule has 106 valence electrons. The first-order chi connectivity index (χ1) is 8.61. The molecule has 18 heavy (non-hydrogen) atoms. The molecule has 0 bridgehead atoms. The first-order valence-electron chi connectivity index (χ1n) is 7.51. The zero-order valence-corrected chi connectivity index (χ0v) is 12.1. The minimum Gasteiger partial charge on any atom is -0.374 e. The van der Waals surface area contributed by atoms with Crippen molar-refractivity contribution in [3.8, 4) is 0 Å². The van der Waals surface area contributed by atoms with E-state index in [1.807, 2.05) is 0 Å². The first kappa shape index (κ1) is 14.3. The molecule has 2 aliphatic heterocycles. The molecule has 2 heterocycles. The topological polar surface area (TPSA) is 50.5 Å². The number of nitrogens with one attached hydrogen (secondary N) is 1. The van der Waals surface area contributed by atoms with Crippen LogP contribution in [0.2, 0.25) is 0 Å². The zero-order chi connectivity index (χ0) is 13.1. The molecule has 2 fully saturated rings. The average molecular weight is 255 g/mol. The molecule has 3 N–H and O–H groups in total. The Balaban J connectivity index is 1.92. The fourth-order valence-electron chi connectivity index (χ4n) is 3.28. The number of ether oxygens (including phenoxy) is 1.